The molecule has 0 amide bonds. The number of benzene rings is 1. The first-order chi connectivity index (χ1) is 8.17. The lowest BCUT2D eigenvalue weighted by atomic mass is 9.84. The molecule has 1 saturated carbocycles. The Morgan fingerprint density at radius 2 is 1.67 bits per heavy atom. The van der Waals surface area contributed by atoms with Gasteiger partial charge in [-0.05, 0) is 43.4 Å². The molecule has 1 saturated heterocycles. The van der Waals surface area contributed by atoms with Crippen molar-refractivity contribution in [1.29, 1.82) is 0 Å². The molecular weight excluding hydrogens is 269 g/mol. The molecule has 1 aliphatic carbocycles. The molecule has 2 fully saturated rings. The first-order valence-corrected chi connectivity index (χ1v) is 6.78. The summed E-state index contributed by atoms with van der Waals surface area (Å²) >= 11 is 5.88. The number of nitrogens with zero attached hydrogens (tertiary/aromatic N) is 1. The molecule has 1 aliphatic heterocycles. The summed E-state index contributed by atoms with van der Waals surface area (Å²) in [5, 5.41) is 11.4. The molecular formula is C14H19Cl2NO. The van der Waals surface area contributed by atoms with Crippen molar-refractivity contribution >= 4 is 24.0 Å². The van der Waals surface area contributed by atoms with Crippen molar-refractivity contribution in [3.63, 3.8) is 0 Å². The van der Waals surface area contributed by atoms with Gasteiger partial charge in [0.25, 0.3) is 0 Å². The van der Waals surface area contributed by atoms with E-state index in [1.807, 2.05) is 24.3 Å². The highest BCUT2D eigenvalue weighted by Crippen LogP contribution is 2.37. The summed E-state index contributed by atoms with van der Waals surface area (Å²) in [4.78, 5) is 2.52. The predicted octanol–water partition coefficient (Wildman–Crippen LogP) is 3.21. The SMILES string of the molecule is Cl.OC1(c2ccc(Cl)cc2)CCN(C2CC2)CC1. The van der Waals surface area contributed by atoms with Crippen LogP contribution in [0.4, 0.5) is 0 Å². The number of rotatable bonds is 2. The maximum absolute atomic E-state index is 10.7. The molecule has 100 valence electrons. The molecule has 3 rings (SSSR count). The van der Waals surface area contributed by atoms with Gasteiger partial charge in [0, 0.05) is 24.2 Å². The van der Waals surface area contributed by atoms with Crippen LogP contribution in [0.5, 0.6) is 0 Å². The normalized spacial score (nSPS) is 23.4. The standard InChI is InChI=1S/C14H18ClNO.ClH/c15-12-3-1-11(2-4-12)14(17)7-9-16(10-8-14)13-5-6-13;/h1-4,13,17H,5-10H2;1H. The number of hydrogen-bond donors (Lipinski definition) is 1. The predicted molar refractivity (Wildman–Crippen MR) is 76.4 cm³/mol. The van der Waals surface area contributed by atoms with E-state index < -0.39 is 5.60 Å². The third kappa shape index (κ3) is 2.83. The summed E-state index contributed by atoms with van der Waals surface area (Å²) in [6.07, 6.45) is 4.37. The monoisotopic (exact) mass is 287 g/mol. The van der Waals surface area contributed by atoms with E-state index in [1.165, 1.54) is 12.8 Å². The Balaban J connectivity index is 0.00000120. The average molecular weight is 288 g/mol. The van der Waals surface area contributed by atoms with Crippen molar-refractivity contribution in [2.24, 2.45) is 0 Å². The van der Waals surface area contributed by atoms with Crippen molar-refractivity contribution in [3.8, 4) is 0 Å². The van der Waals surface area contributed by atoms with Gasteiger partial charge in [0.15, 0.2) is 0 Å². The molecule has 0 atom stereocenters. The highest BCUT2D eigenvalue weighted by Gasteiger charge is 2.38. The van der Waals surface area contributed by atoms with Crippen molar-refractivity contribution in [3.05, 3.63) is 34.9 Å². The second-order valence-corrected chi connectivity index (χ2v) is 5.74. The van der Waals surface area contributed by atoms with E-state index >= 15 is 0 Å². The Morgan fingerprint density at radius 1 is 1.11 bits per heavy atom. The summed E-state index contributed by atoms with van der Waals surface area (Å²) in [6.45, 7) is 2.04. The molecule has 0 unspecified atom stereocenters. The highest BCUT2D eigenvalue weighted by molar-refractivity contribution is 6.30. The fourth-order valence-corrected chi connectivity index (χ4v) is 2.87. The van der Waals surface area contributed by atoms with Crippen LogP contribution in [0.2, 0.25) is 5.02 Å². The molecule has 1 aromatic carbocycles. The lowest BCUT2D eigenvalue weighted by molar-refractivity contribution is -0.0277. The minimum Gasteiger partial charge on any atom is -0.385 e. The number of piperidine rings is 1. The molecule has 0 aromatic heterocycles. The zero-order chi connectivity index (χ0) is 11.9. The summed E-state index contributed by atoms with van der Waals surface area (Å²) in [5.74, 6) is 0. The Labute approximate surface area is 119 Å². The van der Waals surface area contributed by atoms with Gasteiger partial charge in [-0.25, -0.2) is 0 Å². The summed E-state index contributed by atoms with van der Waals surface area (Å²) < 4.78 is 0. The molecule has 2 nitrogen and oxygen atoms in total. The fraction of sp³-hybridized carbons (Fsp3) is 0.571. The van der Waals surface area contributed by atoms with E-state index in [2.05, 4.69) is 4.90 Å². The molecule has 1 aromatic rings. The van der Waals surface area contributed by atoms with Crippen molar-refractivity contribution in [1.82, 2.24) is 4.90 Å². The molecule has 1 N–H and O–H groups in total. The number of likely N-dealkylation sites (tertiary alicyclic amines) is 1. The van der Waals surface area contributed by atoms with Gasteiger partial charge in [-0.2, -0.15) is 0 Å². The van der Waals surface area contributed by atoms with Crippen LogP contribution >= 0.6 is 24.0 Å². The maximum Gasteiger partial charge on any atom is 0.0920 e. The molecule has 4 heteroatoms. The largest absolute Gasteiger partial charge is 0.385 e. The van der Waals surface area contributed by atoms with Crippen LogP contribution in [0.15, 0.2) is 24.3 Å². The minimum atomic E-state index is -0.643. The summed E-state index contributed by atoms with van der Waals surface area (Å²) in [7, 11) is 0. The van der Waals surface area contributed by atoms with Gasteiger partial charge in [-0.3, -0.25) is 0 Å². The van der Waals surface area contributed by atoms with Crippen LogP contribution in [0.25, 0.3) is 0 Å². The van der Waals surface area contributed by atoms with E-state index in [-0.39, 0.29) is 12.4 Å². The molecule has 0 radical (unpaired) electrons. The third-order valence-corrected chi connectivity index (χ3v) is 4.32. The van der Waals surface area contributed by atoms with Crippen LogP contribution in [0, 0.1) is 0 Å². The van der Waals surface area contributed by atoms with E-state index in [0.29, 0.717) is 0 Å². The highest BCUT2D eigenvalue weighted by atomic mass is 35.5. The van der Waals surface area contributed by atoms with E-state index in [0.717, 1.165) is 42.6 Å². The molecule has 18 heavy (non-hydrogen) atoms. The second-order valence-electron chi connectivity index (χ2n) is 5.31. The number of aliphatic hydroxyl groups is 1. The lowest BCUT2D eigenvalue weighted by Crippen LogP contribution is -2.43. The zero-order valence-corrected chi connectivity index (χ0v) is 11.9. The van der Waals surface area contributed by atoms with Crippen LogP contribution in [0.1, 0.15) is 31.2 Å². The van der Waals surface area contributed by atoms with E-state index in [9.17, 15) is 5.11 Å². The second kappa shape index (κ2) is 5.38. The van der Waals surface area contributed by atoms with Gasteiger partial charge < -0.3 is 10.0 Å². The Kier molecular flexibility index (Phi) is 4.22. The van der Waals surface area contributed by atoms with E-state index in [4.69, 9.17) is 11.6 Å². The van der Waals surface area contributed by atoms with Gasteiger partial charge in [-0.15, -0.1) is 12.4 Å². The van der Waals surface area contributed by atoms with E-state index in [1.54, 1.807) is 0 Å². The van der Waals surface area contributed by atoms with Crippen molar-refractivity contribution < 1.29 is 5.11 Å². The smallest absolute Gasteiger partial charge is 0.0920 e. The van der Waals surface area contributed by atoms with Crippen molar-refractivity contribution in [2.45, 2.75) is 37.3 Å². The Bertz CT molecular complexity index is 395. The maximum atomic E-state index is 10.7. The quantitative estimate of drug-likeness (QED) is 0.903. The molecule has 2 aliphatic rings. The number of hydrogen-bond acceptors (Lipinski definition) is 2. The Hall–Kier alpha value is -0.280. The molecule has 0 bridgehead atoms. The van der Waals surface area contributed by atoms with Crippen LogP contribution < -0.4 is 0 Å². The van der Waals surface area contributed by atoms with Gasteiger partial charge in [0.2, 0.25) is 0 Å². The molecule has 1 heterocycles. The van der Waals surface area contributed by atoms with Gasteiger partial charge in [0.1, 0.15) is 0 Å². The summed E-state index contributed by atoms with van der Waals surface area (Å²) in [6, 6.07) is 8.44. The van der Waals surface area contributed by atoms with Gasteiger partial charge in [-0.1, -0.05) is 23.7 Å². The lowest BCUT2D eigenvalue weighted by Gasteiger charge is -2.38. The van der Waals surface area contributed by atoms with Gasteiger partial charge in [0.05, 0.1) is 5.60 Å². The van der Waals surface area contributed by atoms with Crippen LogP contribution in [-0.4, -0.2) is 29.1 Å². The topological polar surface area (TPSA) is 23.5 Å². The molecule has 0 spiro atoms. The first-order valence-electron chi connectivity index (χ1n) is 6.40. The number of halogens is 2. The zero-order valence-electron chi connectivity index (χ0n) is 10.3. The van der Waals surface area contributed by atoms with Crippen molar-refractivity contribution in [2.75, 3.05) is 13.1 Å². The minimum absolute atomic E-state index is 0. The van der Waals surface area contributed by atoms with Crippen LogP contribution in [-0.2, 0) is 5.60 Å². The van der Waals surface area contributed by atoms with Crippen LogP contribution in [0.3, 0.4) is 0 Å². The van der Waals surface area contributed by atoms with Gasteiger partial charge >= 0.3 is 0 Å². The Morgan fingerprint density at radius 3 is 2.17 bits per heavy atom. The fourth-order valence-electron chi connectivity index (χ4n) is 2.75. The first kappa shape index (κ1) is 14.1. The third-order valence-electron chi connectivity index (χ3n) is 4.07. The average Bonchev–Trinajstić information content (AvgIpc) is 3.15. The summed E-state index contributed by atoms with van der Waals surface area (Å²) in [5.41, 5.74) is 0.369.